The van der Waals surface area contributed by atoms with Crippen molar-refractivity contribution < 1.29 is 13.2 Å². The van der Waals surface area contributed by atoms with E-state index < -0.39 is 12.7 Å². The number of hydrogen-bond donors (Lipinski definition) is 1. The summed E-state index contributed by atoms with van der Waals surface area (Å²) >= 11 is 0. The number of hydrogen-bond acceptors (Lipinski definition) is 2. The first-order valence-electron chi connectivity index (χ1n) is 7.22. The zero-order valence-electron chi connectivity index (χ0n) is 12.6. The highest BCUT2D eigenvalue weighted by atomic mass is 19.4. The van der Waals surface area contributed by atoms with Crippen LogP contribution in [0.3, 0.4) is 0 Å². The summed E-state index contributed by atoms with van der Waals surface area (Å²) in [5.41, 5.74) is 2.39. The molecule has 0 amide bonds. The Kier molecular flexibility index (Phi) is 6.05. The van der Waals surface area contributed by atoms with Crippen molar-refractivity contribution in [1.29, 1.82) is 0 Å². The van der Waals surface area contributed by atoms with E-state index in [1.165, 1.54) is 0 Å². The van der Waals surface area contributed by atoms with Crippen LogP contribution < -0.4 is 5.32 Å². The summed E-state index contributed by atoms with van der Waals surface area (Å²) in [4.78, 5) is 0. The molecule has 0 aliphatic heterocycles. The largest absolute Gasteiger partial charge is 0.408 e. The number of nitrogens with zero attached hydrogens (tertiary/aromatic N) is 2. The van der Waals surface area contributed by atoms with Crippen molar-refractivity contribution in [2.45, 2.75) is 65.7 Å². The van der Waals surface area contributed by atoms with E-state index in [0.717, 1.165) is 28.9 Å². The highest BCUT2D eigenvalue weighted by molar-refractivity contribution is 5.30. The lowest BCUT2D eigenvalue weighted by Gasteiger charge is -2.16. The normalized spacial score (nSPS) is 13.8. The monoisotopic (exact) mass is 291 g/mol. The lowest BCUT2D eigenvalue weighted by Crippen LogP contribution is -2.23. The summed E-state index contributed by atoms with van der Waals surface area (Å²) in [7, 11) is 0. The molecule has 0 spiro atoms. The molecule has 6 heteroatoms. The molecule has 0 fully saturated rings. The van der Waals surface area contributed by atoms with Crippen LogP contribution in [-0.2, 0) is 19.4 Å². The van der Waals surface area contributed by atoms with Gasteiger partial charge in [-0.05, 0) is 32.7 Å². The summed E-state index contributed by atoms with van der Waals surface area (Å²) in [5, 5.41) is 7.51. The first-order valence-corrected chi connectivity index (χ1v) is 7.22. The highest BCUT2D eigenvalue weighted by Crippen LogP contribution is 2.26. The lowest BCUT2D eigenvalue weighted by molar-refractivity contribution is -0.143. The molecule has 0 saturated carbocycles. The van der Waals surface area contributed by atoms with E-state index >= 15 is 0 Å². The molecule has 1 aromatic heterocycles. The molecule has 1 heterocycles. The second kappa shape index (κ2) is 7.11. The van der Waals surface area contributed by atoms with Gasteiger partial charge in [-0.1, -0.05) is 20.8 Å². The van der Waals surface area contributed by atoms with Gasteiger partial charge in [-0.3, -0.25) is 4.68 Å². The Morgan fingerprint density at radius 1 is 1.20 bits per heavy atom. The molecule has 116 valence electrons. The molecule has 1 atom stereocenters. The number of alkyl halides is 3. The fraction of sp³-hybridized carbons (Fsp3) is 0.786. The van der Waals surface area contributed by atoms with Crippen molar-refractivity contribution in [1.82, 2.24) is 15.1 Å². The van der Waals surface area contributed by atoms with Crippen molar-refractivity contribution in [3.05, 3.63) is 17.0 Å². The van der Waals surface area contributed by atoms with Crippen LogP contribution in [0.5, 0.6) is 0 Å². The minimum Gasteiger partial charge on any atom is -0.310 e. The Bertz CT molecular complexity index is 424. The second-order valence-corrected chi connectivity index (χ2v) is 4.96. The molecule has 1 unspecified atom stereocenters. The van der Waals surface area contributed by atoms with Gasteiger partial charge in [0.2, 0.25) is 0 Å². The summed E-state index contributed by atoms with van der Waals surface area (Å²) in [5.74, 6) is 0. The third-order valence-corrected chi connectivity index (χ3v) is 3.31. The van der Waals surface area contributed by atoms with Crippen molar-refractivity contribution >= 4 is 0 Å². The van der Waals surface area contributed by atoms with Gasteiger partial charge >= 0.3 is 6.18 Å². The minimum atomic E-state index is -4.24. The average molecular weight is 291 g/mol. The third-order valence-electron chi connectivity index (χ3n) is 3.31. The van der Waals surface area contributed by atoms with Gasteiger partial charge in [-0.25, -0.2) is 0 Å². The Hall–Kier alpha value is -1.04. The van der Waals surface area contributed by atoms with Gasteiger partial charge in [0.25, 0.3) is 0 Å². The minimum absolute atomic E-state index is 0.0295. The number of aryl methyl sites for hydroxylation is 1. The van der Waals surface area contributed by atoms with Crippen LogP contribution in [0.25, 0.3) is 0 Å². The molecular formula is C14H24F3N3. The van der Waals surface area contributed by atoms with E-state index in [4.69, 9.17) is 0 Å². The molecule has 0 aliphatic carbocycles. The summed E-state index contributed by atoms with van der Waals surface area (Å²) < 4.78 is 39.0. The molecule has 0 aromatic carbocycles. The van der Waals surface area contributed by atoms with E-state index in [-0.39, 0.29) is 6.04 Å². The summed E-state index contributed by atoms with van der Waals surface area (Å²) in [6.45, 7) is 7.69. The van der Waals surface area contributed by atoms with E-state index in [2.05, 4.69) is 17.3 Å². The number of aromatic nitrogens is 2. The fourth-order valence-electron chi connectivity index (χ4n) is 2.46. The molecular weight excluding hydrogens is 267 g/mol. The van der Waals surface area contributed by atoms with E-state index in [0.29, 0.717) is 18.5 Å². The third kappa shape index (κ3) is 4.23. The van der Waals surface area contributed by atoms with E-state index in [1.54, 1.807) is 0 Å². The van der Waals surface area contributed by atoms with Crippen LogP contribution in [-0.4, -0.2) is 22.5 Å². The second-order valence-electron chi connectivity index (χ2n) is 4.96. The van der Waals surface area contributed by atoms with Gasteiger partial charge in [0.15, 0.2) is 0 Å². The van der Waals surface area contributed by atoms with Crippen molar-refractivity contribution in [2.24, 2.45) is 0 Å². The lowest BCUT2D eigenvalue weighted by atomic mass is 10.0. The van der Waals surface area contributed by atoms with Gasteiger partial charge in [0.05, 0.1) is 5.69 Å². The van der Waals surface area contributed by atoms with Crippen molar-refractivity contribution in [2.75, 3.05) is 6.54 Å². The van der Waals surface area contributed by atoms with Crippen LogP contribution in [0.15, 0.2) is 0 Å². The van der Waals surface area contributed by atoms with Crippen LogP contribution in [0, 0.1) is 0 Å². The molecule has 0 radical (unpaired) electrons. The molecule has 1 N–H and O–H groups in total. The Morgan fingerprint density at radius 3 is 2.30 bits per heavy atom. The maximum Gasteiger partial charge on any atom is 0.408 e. The average Bonchev–Trinajstić information content (AvgIpc) is 2.71. The van der Waals surface area contributed by atoms with Crippen LogP contribution in [0.2, 0.25) is 0 Å². The first kappa shape index (κ1) is 17.0. The Balaban J connectivity index is 3.14. The molecule has 0 saturated heterocycles. The summed E-state index contributed by atoms with van der Waals surface area (Å²) in [6, 6.07) is 0.0295. The number of halogens is 3. The molecule has 1 aromatic rings. The zero-order valence-corrected chi connectivity index (χ0v) is 12.6. The highest BCUT2D eigenvalue weighted by Gasteiger charge is 2.31. The Morgan fingerprint density at radius 2 is 1.85 bits per heavy atom. The predicted molar refractivity (Wildman–Crippen MR) is 73.7 cm³/mol. The Labute approximate surface area is 118 Å². The van der Waals surface area contributed by atoms with Crippen LogP contribution >= 0.6 is 0 Å². The van der Waals surface area contributed by atoms with E-state index in [1.807, 2.05) is 20.8 Å². The standard InChI is InChI=1S/C14H24F3N3/c1-5-8-18-10(4)13-11(6-2)19-20(12(13)7-3)9-14(15,16)17/h10,18H,5-9H2,1-4H3. The topological polar surface area (TPSA) is 29.9 Å². The van der Waals surface area contributed by atoms with Gasteiger partial charge in [0.1, 0.15) is 6.54 Å². The zero-order chi connectivity index (χ0) is 15.3. The smallest absolute Gasteiger partial charge is 0.310 e. The van der Waals surface area contributed by atoms with Gasteiger partial charge in [-0.15, -0.1) is 0 Å². The predicted octanol–water partition coefficient (Wildman–Crippen LogP) is 3.63. The fourth-order valence-corrected chi connectivity index (χ4v) is 2.46. The van der Waals surface area contributed by atoms with E-state index in [9.17, 15) is 13.2 Å². The molecule has 3 nitrogen and oxygen atoms in total. The van der Waals surface area contributed by atoms with Gasteiger partial charge in [0, 0.05) is 17.3 Å². The number of nitrogens with one attached hydrogen (secondary N) is 1. The molecule has 1 rings (SSSR count). The van der Waals surface area contributed by atoms with Crippen LogP contribution in [0.4, 0.5) is 13.2 Å². The maximum atomic E-state index is 12.6. The quantitative estimate of drug-likeness (QED) is 0.831. The van der Waals surface area contributed by atoms with Gasteiger partial charge in [-0.2, -0.15) is 18.3 Å². The van der Waals surface area contributed by atoms with Crippen molar-refractivity contribution in [3.63, 3.8) is 0 Å². The number of rotatable bonds is 7. The van der Waals surface area contributed by atoms with Gasteiger partial charge < -0.3 is 5.32 Å². The summed E-state index contributed by atoms with van der Waals surface area (Å²) in [6.07, 6.45) is -2.05. The molecule has 0 aliphatic rings. The van der Waals surface area contributed by atoms with Crippen LogP contribution in [0.1, 0.15) is 57.1 Å². The maximum absolute atomic E-state index is 12.6. The SMILES string of the molecule is CCCNC(C)c1c(CC)nn(CC(F)(F)F)c1CC. The van der Waals surface area contributed by atoms with Crippen molar-refractivity contribution in [3.8, 4) is 0 Å². The molecule has 20 heavy (non-hydrogen) atoms. The first-order chi connectivity index (χ1) is 9.34. The molecule has 0 bridgehead atoms.